The van der Waals surface area contributed by atoms with Crippen molar-refractivity contribution >= 4 is 25.2 Å². The van der Waals surface area contributed by atoms with Gasteiger partial charge in [-0.15, -0.1) is 0 Å². The molecule has 1 aliphatic heterocycles. The van der Waals surface area contributed by atoms with Crippen molar-refractivity contribution < 1.29 is 29.1 Å². The molecule has 2 aromatic rings. The highest BCUT2D eigenvalue weighted by Crippen LogP contribution is 2.19. The van der Waals surface area contributed by atoms with Crippen LogP contribution in [0.5, 0.6) is 0 Å². The molecular weight excluding hydrogens is 497 g/mol. The minimum Gasteiger partial charge on any atom is -0.449 e. The zero-order chi connectivity index (χ0) is 28.2. The first kappa shape index (κ1) is 29.9. The van der Waals surface area contributed by atoms with E-state index in [9.17, 15) is 24.9 Å². The average Bonchev–Trinajstić information content (AvgIpc) is 2.93. The first-order valence-corrected chi connectivity index (χ1v) is 13.2. The molecule has 1 fully saturated rings. The number of alkyl carbamates (subject to hydrolysis) is 1. The molecule has 1 saturated heterocycles. The lowest BCUT2D eigenvalue weighted by atomic mass is 9.76. The van der Waals surface area contributed by atoms with E-state index >= 15 is 0 Å². The van der Waals surface area contributed by atoms with Gasteiger partial charge in [-0.2, -0.15) is 5.26 Å². The lowest BCUT2D eigenvalue weighted by Gasteiger charge is -2.33. The molecule has 2 aromatic carbocycles. The van der Waals surface area contributed by atoms with Crippen LogP contribution < -0.4 is 5.32 Å². The van der Waals surface area contributed by atoms with Crippen LogP contribution in [-0.2, 0) is 27.1 Å². The third kappa shape index (κ3) is 9.25. The van der Waals surface area contributed by atoms with E-state index in [1.54, 1.807) is 11.0 Å². The number of nitrogens with zero attached hydrogens (tertiary/aromatic N) is 2. The van der Waals surface area contributed by atoms with E-state index in [-0.39, 0.29) is 30.5 Å². The fourth-order valence-corrected chi connectivity index (χ4v) is 4.53. The Labute approximate surface area is 230 Å². The van der Waals surface area contributed by atoms with Crippen molar-refractivity contribution in [1.29, 1.82) is 5.26 Å². The van der Waals surface area contributed by atoms with Gasteiger partial charge in [-0.05, 0) is 55.9 Å². The topological polar surface area (TPSA) is 132 Å². The van der Waals surface area contributed by atoms with Crippen LogP contribution in [0.2, 0.25) is 0 Å². The van der Waals surface area contributed by atoms with Gasteiger partial charge in [-0.3, -0.25) is 4.79 Å². The normalized spacial score (nSPS) is 14.7. The SMILES string of the molecule is CCN(C(=O)C(C#N)=Cc1cccc(CCOC(=O)NC(Cc2ccc(C)cc2)B(O)O)c1)C1CCOCC1. The molecule has 0 bridgehead atoms. The summed E-state index contributed by atoms with van der Waals surface area (Å²) in [6.45, 7) is 5.66. The zero-order valence-corrected chi connectivity index (χ0v) is 22.5. The van der Waals surface area contributed by atoms with Gasteiger partial charge in [0.1, 0.15) is 11.6 Å². The summed E-state index contributed by atoms with van der Waals surface area (Å²) >= 11 is 0. The Morgan fingerprint density at radius 1 is 1.21 bits per heavy atom. The van der Waals surface area contributed by atoms with Gasteiger partial charge in [-0.25, -0.2) is 4.79 Å². The molecular formula is C29H36BN3O6. The van der Waals surface area contributed by atoms with Crippen molar-refractivity contribution in [1.82, 2.24) is 10.2 Å². The maximum Gasteiger partial charge on any atom is 0.475 e. The van der Waals surface area contributed by atoms with Crippen molar-refractivity contribution in [2.24, 2.45) is 0 Å². The number of aryl methyl sites for hydroxylation is 1. The van der Waals surface area contributed by atoms with Gasteiger partial charge >= 0.3 is 13.2 Å². The molecule has 3 N–H and O–H groups in total. The number of carbonyl (C=O) groups excluding carboxylic acids is 2. The van der Waals surface area contributed by atoms with Gasteiger partial charge < -0.3 is 29.7 Å². The summed E-state index contributed by atoms with van der Waals surface area (Å²) in [6.07, 6.45) is 2.99. The first-order chi connectivity index (χ1) is 18.8. The second kappa shape index (κ2) is 15.1. The summed E-state index contributed by atoms with van der Waals surface area (Å²) in [7, 11) is -1.74. The Morgan fingerprint density at radius 2 is 1.92 bits per heavy atom. The quantitative estimate of drug-likeness (QED) is 0.230. The monoisotopic (exact) mass is 533 g/mol. The molecule has 2 amide bonds. The van der Waals surface area contributed by atoms with Crippen molar-refractivity contribution in [3.05, 3.63) is 76.4 Å². The largest absolute Gasteiger partial charge is 0.475 e. The second-order valence-electron chi connectivity index (χ2n) is 9.59. The third-order valence-corrected chi connectivity index (χ3v) is 6.71. The van der Waals surface area contributed by atoms with E-state index < -0.39 is 19.2 Å². The molecule has 0 aromatic heterocycles. The van der Waals surface area contributed by atoms with Crippen LogP contribution in [-0.4, -0.2) is 72.4 Å². The molecule has 1 aliphatic rings. The number of hydrogen-bond donors (Lipinski definition) is 3. The fraction of sp³-hybridized carbons (Fsp3) is 0.414. The predicted molar refractivity (Wildman–Crippen MR) is 148 cm³/mol. The third-order valence-electron chi connectivity index (χ3n) is 6.71. The van der Waals surface area contributed by atoms with Crippen LogP contribution in [0.3, 0.4) is 0 Å². The second-order valence-corrected chi connectivity index (χ2v) is 9.59. The minimum atomic E-state index is -1.74. The summed E-state index contributed by atoms with van der Waals surface area (Å²) < 4.78 is 10.7. The fourth-order valence-electron chi connectivity index (χ4n) is 4.53. The number of hydrogen-bond acceptors (Lipinski definition) is 7. The van der Waals surface area contributed by atoms with E-state index in [1.165, 1.54) is 0 Å². The zero-order valence-electron chi connectivity index (χ0n) is 22.5. The van der Waals surface area contributed by atoms with E-state index in [1.807, 2.05) is 68.4 Å². The number of likely N-dealkylation sites (N-methyl/N-ethyl adjacent to an activating group) is 1. The van der Waals surface area contributed by atoms with Crippen LogP contribution in [0.25, 0.3) is 6.08 Å². The molecule has 3 rings (SSSR count). The van der Waals surface area contributed by atoms with E-state index in [0.717, 1.165) is 29.5 Å². The highest BCUT2D eigenvalue weighted by atomic mass is 16.5. The number of amides is 2. The summed E-state index contributed by atoms with van der Waals surface area (Å²) in [5, 5.41) is 31.6. The molecule has 1 heterocycles. The molecule has 0 radical (unpaired) electrons. The molecule has 206 valence electrons. The van der Waals surface area contributed by atoms with Crippen molar-refractivity contribution in [2.75, 3.05) is 26.4 Å². The summed E-state index contributed by atoms with van der Waals surface area (Å²) in [6, 6.07) is 17.0. The maximum atomic E-state index is 13.1. The van der Waals surface area contributed by atoms with Gasteiger partial charge in [0, 0.05) is 32.2 Å². The molecule has 1 unspecified atom stereocenters. The molecule has 0 spiro atoms. The number of nitriles is 1. The van der Waals surface area contributed by atoms with Crippen LogP contribution in [0.15, 0.2) is 54.1 Å². The summed E-state index contributed by atoms with van der Waals surface area (Å²) in [5.41, 5.74) is 3.57. The number of carbonyl (C=O) groups is 2. The van der Waals surface area contributed by atoms with E-state index in [4.69, 9.17) is 9.47 Å². The van der Waals surface area contributed by atoms with Crippen LogP contribution in [0.4, 0.5) is 4.79 Å². The number of benzene rings is 2. The van der Waals surface area contributed by atoms with E-state index in [0.29, 0.717) is 31.7 Å². The molecule has 0 saturated carbocycles. The van der Waals surface area contributed by atoms with E-state index in [2.05, 4.69) is 5.32 Å². The molecule has 0 aliphatic carbocycles. The molecule has 1 atom stereocenters. The lowest BCUT2D eigenvalue weighted by molar-refractivity contribution is -0.130. The highest BCUT2D eigenvalue weighted by molar-refractivity contribution is 6.43. The van der Waals surface area contributed by atoms with Crippen molar-refractivity contribution in [2.45, 2.75) is 51.5 Å². The van der Waals surface area contributed by atoms with Crippen molar-refractivity contribution in [3.63, 3.8) is 0 Å². The first-order valence-electron chi connectivity index (χ1n) is 13.2. The standard InChI is InChI=1S/C29H36BN3O6/c1-3-33(26-12-14-38-15-13-26)28(34)25(20-31)18-24-6-4-5-22(17-24)11-16-39-29(35)32-27(30(36)37)19-23-9-7-21(2)8-10-23/h4-10,17-18,26-27,36-37H,3,11-16,19H2,1-2H3,(H,32,35). The van der Waals surface area contributed by atoms with Gasteiger partial charge in [0.25, 0.3) is 5.91 Å². The number of rotatable bonds is 11. The Morgan fingerprint density at radius 3 is 2.56 bits per heavy atom. The lowest BCUT2D eigenvalue weighted by Crippen LogP contribution is -2.48. The Balaban J connectivity index is 1.56. The highest BCUT2D eigenvalue weighted by Gasteiger charge is 2.27. The van der Waals surface area contributed by atoms with Crippen LogP contribution in [0, 0.1) is 18.3 Å². The Bertz CT molecular complexity index is 1170. The number of nitrogens with one attached hydrogen (secondary N) is 1. The average molecular weight is 533 g/mol. The van der Waals surface area contributed by atoms with Crippen LogP contribution >= 0.6 is 0 Å². The van der Waals surface area contributed by atoms with Gasteiger partial charge in [0.2, 0.25) is 0 Å². The van der Waals surface area contributed by atoms with Gasteiger partial charge in [0.15, 0.2) is 0 Å². The summed E-state index contributed by atoms with van der Waals surface area (Å²) in [4.78, 5) is 27.1. The Hall–Kier alpha value is -3.65. The smallest absolute Gasteiger partial charge is 0.449 e. The molecule has 9 nitrogen and oxygen atoms in total. The predicted octanol–water partition coefficient (Wildman–Crippen LogP) is 2.82. The molecule has 10 heteroatoms. The molecule has 39 heavy (non-hydrogen) atoms. The van der Waals surface area contributed by atoms with Gasteiger partial charge in [-0.1, -0.05) is 54.1 Å². The van der Waals surface area contributed by atoms with Crippen molar-refractivity contribution in [3.8, 4) is 6.07 Å². The maximum absolute atomic E-state index is 13.1. The number of ether oxygens (including phenoxy) is 2. The van der Waals surface area contributed by atoms with Gasteiger partial charge in [0.05, 0.1) is 12.5 Å². The minimum absolute atomic E-state index is 0.0612. The Kier molecular flexibility index (Phi) is 11.6. The summed E-state index contributed by atoms with van der Waals surface area (Å²) in [5.74, 6) is -1.21. The van der Waals surface area contributed by atoms with Crippen LogP contribution in [0.1, 0.15) is 42.0 Å².